The smallest absolute Gasteiger partial charge is 0.338 e. The van der Waals surface area contributed by atoms with Crippen LogP contribution in [0.15, 0.2) is 65.9 Å². The number of hydrogen-bond donors (Lipinski definition) is 1. The molecule has 1 atom stereocenters. The van der Waals surface area contributed by atoms with Gasteiger partial charge in [0.1, 0.15) is 6.61 Å². The average Bonchev–Trinajstić information content (AvgIpc) is 2.71. The number of rotatable bonds is 7. The zero-order valence-corrected chi connectivity index (χ0v) is 17.0. The van der Waals surface area contributed by atoms with Gasteiger partial charge in [0.2, 0.25) is 0 Å². The summed E-state index contributed by atoms with van der Waals surface area (Å²) in [4.78, 5) is 27.4. The molecule has 0 aromatic heterocycles. The summed E-state index contributed by atoms with van der Waals surface area (Å²) in [5, 5.41) is 2.98. The van der Waals surface area contributed by atoms with Crippen LogP contribution in [0, 0.1) is 6.92 Å². The average molecular weight is 394 g/mol. The van der Waals surface area contributed by atoms with Crippen molar-refractivity contribution in [1.29, 1.82) is 0 Å². The van der Waals surface area contributed by atoms with E-state index in [2.05, 4.69) is 5.32 Å². The Balaban J connectivity index is 1.98. The summed E-state index contributed by atoms with van der Waals surface area (Å²) < 4.78 is 10.4. The molecule has 152 valence electrons. The number of carbonyl (C=O) groups is 2. The van der Waals surface area contributed by atoms with Gasteiger partial charge < -0.3 is 14.8 Å². The van der Waals surface area contributed by atoms with Gasteiger partial charge in [-0.15, -0.1) is 0 Å². The number of benzene rings is 2. The predicted molar refractivity (Wildman–Crippen MR) is 110 cm³/mol. The minimum Gasteiger partial charge on any atom is -0.460 e. The van der Waals surface area contributed by atoms with Crippen LogP contribution < -0.4 is 5.32 Å². The lowest BCUT2D eigenvalue weighted by Gasteiger charge is -2.35. The molecular weight excluding hydrogens is 368 g/mol. The number of urea groups is 1. The second-order valence-electron chi connectivity index (χ2n) is 7.00. The fourth-order valence-corrected chi connectivity index (χ4v) is 3.40. The van der Waals surface area contributed by atoms with Gasteiger partial charge in [0.05, 0.1) is 24.8 Å². The van der Waals surface area contributed by atoms with E-state index in [0.29, 0.717) is 24.4 Å². The van der Waals surface area contributed by atoms with Gasteiger partial charge in [0, 0.05) is 12.8 Å². The lowest BCUT2D eigenvalue weighted by molar-refractivity contribution is -0.140. The van der Waals surface area contributed by atoms with Crippen molar-refractivity contribution in [3.05, 3.63) is 82.6 Å². The number of aryl methyl sites for hydroxylation is 1. The molecular formula is C23H26N2O4. The number of allylic oxidation sites excluding steroid dienone is 1. The normalized spacial score (nSPS) is 16.6. The van der Waals surface area contributed by atoms with Crippen LogP contribution in [0.2, 0.25) is 0 Å². The van der Waals surface area contributed by atoms with E-state index in [1.165, 1.54) is 0 Å². The molecule has 1 unspecified atom stereocenters. The first-order chi connectivity index (χ1) is 14.0. The third-order valence-corrected chi connectivity index (χ3v) is 4.90. The molecule has 2 amide bonds. The lowest BCUT2D eigenvalue weighted by atomic mass is 9.93. The molecule has 0 radical (unpaired) electrons. The topological polar surface area (TPSA) is 67.9 Å². The van der Waals surface area contributed by atoms with E-state index in [-0.39, 0.29) is 12.6 Å². The second kappa shape index (κ2) is 9.39. The standard InChI is InChI=1S/C23H26N2O4/c1-16-8-7-11-19(14-16)21-20(22(26)29-13-12-28-3)17(2)25(23(27)24-21)15-18-9-5-4-6-10-18/h4-11,14,21H,12-13,15H2,1-3H3,(H,24,27). The van der Waals surface area contributed by atoms with E-state index in [4.69, 9.17) is 9.47 Å². The van der Waals surface area contributed by atoms with Crippen molar-refractivity contribution in [3.8, 4) is 0 Å². The molecule has 3 rings (SSSR count). The van der Waals surface area contributed by atoms with Gasteiger partial charge in [0.15, 0.2) is 0 Å². The Morgan fingerprint density at radius 1 is 1.07 bits per heavy atom. The Morgan fingerprint density at radius 3 is 2.52 bits per heavy atom. The van der Waals surface area contributed by atoms with E-state index in [9.17, 15) is 9.59 Å². The van der Waals surface area contributed by atoms with Gasteiger partial charge in [-0.2, -0.15) is 0 Å². The molecule has 6 heteroatoms. The number of ether oxygens (including phenoxy) is 2. The van der Waals surface area contributed by atoms with Crippen LogP contribution in [0.5, 0.6) is 0 Å². The monoisotopic (exact) mass is 394 g/mol. The third-order valence-electron chi connectivity index (χ3n) is 4.90. The summed E-state index contributed by atoms with van der Waals surface area (Å²) in [7, 11) is 1.55. The van der Waals surface area contributed by atoms with Crippen molar-refractivity contribution >= 4 is 12.0 Å². The lowest BCUT2D eigenvalue weighted by Crippen LogP contribution is -2.47. The first-order valence-electron chi connectivity index (χ1n) is 9.56. The third kappa shape index (κ3) is 4.84. The van der Waals surface area contributed by atoms with Crippen molar-refractivity contribution in [3.63, 3.8) is 0 Å². The van der Waals surface area contributed by atoms with Gasteiger partial charge in [-0.1, -0.05) is 60.2 Å². The fourth-order valence-electron chi connectivity index (χ4n) is 3.40. The van der Waals surface area contributed by atoms with Crippen LogP contribution in [0.3, 0.4) is 0 Å². The van der Waals surface area contributed by atoms with Crippen LogP contribution in [-0.4, -0.2) is 37.2 Å². The molecule has 6 nitrogen and oxygen atoms in total. The molecule has 0 fully saturated rings. The minimum atomic E-state index is -0.565. The van der Waals surface area contributed by atoms with Gasteiger partial charge in [0.25, 0.3) is 0 Å². The number of amides is 2. The highest BCUT2D eigenvalue weighted by Crippen LogP contribution is 2.32. The van der Waals surface area contributed by atoms with E-state index in [1.807, 2.05) is 61.5 Å². The van der Waals surface area contributed by atoms with Crippen LogP contribution >= 0.6 is 0 Å². The number of hydrogen-bond acceptors (Lipinski definition) is 4. The first kappa shape index (κ1) is 20.6. The van der Waals surface area contributed by atoms with E-state index in [0.717, 1.165) is 16.7 Å². The highest BCUT2D eigenvalue weighted by molar-refractivity contribution is 5.95. The van der Waals surface area contributed by atoms with Crippen LogP contribution in [0.4, 0.5) is 4.79 Å². The largest absolute Gasteiger partial charge is 0.460 e. The molecule has 0 aliphatic carbocycles. The molecule has 2 aromatic rings. The highest BCUT2D eigenvalue weighted by Gasteiger charge is 2.36. The van der Waals surface area contributed by atoms with Gasteiger partial charge in [-0.3, -0.25) is 4.90 Å². The molecule has 1 aliphatic rings. The number of esters is 1. The Labute approximate surface area is 171 Å². The van der Waals surface area contributed by atoms with Crippen molar-refractivity contribution in [2.24, 2.45) is 0 Å². The Bertz CT molecular complexity index is 908. The second-order valence-corrected chi connectivity index (χ2v) is 7.00. The zero-order chi connectivity index (χ0) is 20.8. The van der Waals surface area contributed by atoms with Crippen LogP contribution in [0.25, 0.3) is 0 Å². The molecule has 0 bridgehead atoms. The predicted octanol–water partition coefficient (Wildman–Crippen LogP) is 3.73. The number of nitrogens with one attached hydrogen (secondary N) is 1. The minimum absolute atomic E-state index is 0.152. The van der Waals surface area contributed by atoms with Crippen LogP contribution in [-0.2, 0) is 20.8 Å². The maximum atomic E-state index is 12.9. The molecule has 0 saturated heterocycles. The van der Waals surface area contributed by atoms with E-state index < -0.39 is 12.0 Å². The van der Waals surface area contributed by atoms with Gasteiger partial charge >= 0.3 is 12.0 Å². The summed E-state index contributed by atoms with van der Waals surface area (Å²) in [6.45, 7) is 4.60. The van der Waals surface area contributed by atoms with E-state index >= 15 is 0 Å². The van der Waals surface area contributed by atoms with Crippen molar-refractivity contribution in [2.45, 2.75) is 26.4 Å². The Hall–Kier alpha value is -3.12. The zero-order valence-electron chi connectivity index (χ0n) is 17.0. The molecule has 0 saturated carbocycles. The fraction of sp³-hybridized carbons (Fsp3) is 0.304. The Morgan fingerprint density at radius 2 is 1.83 bits per heavy atom. The Kier molecular flexibility index (Phi) is 6.67. The number of carbonyl (C=O) groups excluding carboxylic acids is 2. The van der Waals surface area contributed by atoms with Crippen molar-refractivity contribution < 1.29 is 19.1 Å². The molecule has 1 heterocycles. The summed E-state index contributed by atoms with van der Waals surface area (Å²) in [6.07, 6.45) is 0. The van der Waals surface area contributed by atoms with E-state index in [1.54, 1.807) is 18.9 Å². The quantitative estimate of drug-likeness (QED) is 0.574. The van der Waals surface area contributed by atoms with Gasteiger partial charge in [-0.25, -0.2) is 9.59 Å². The summed E-state index contributed by atoms with van der Waals surface area (Å²) in [6, 6.07) is 16.6. The number of methoxy groups -OCH3 is 1. The van der Waals surface area contributed by atoms with Crippen molar-refractivity contribution in [1.82, 2.24) is 10.2 Å². The highest BCUT2D eigenvalue weighted by atomic mass is 16.6. The number of nitrogens with zero attached hydrogens (tertiary/aromatic N) is 1. The first-order valence-corrected chi connectivity index (χ1v) is 9.56. The SMILES string of the molecule is COCCOC(=O)C1=C(C)N(Cc2ccccc2)C(=O)NC1c1cccc(C)c1. The molecule has 1 N–H and O–H groups in total. The summed E-state index contributed by atoms with van der Waals surface area (Å²) in [5.74, 6) is -0.455. The summed E-state index contributed by atoms with van der Waals surface area (Å²) in [5.41, 5.74) is 3.89. The molecule has 29 heavy (non-hydrogen) atoms. The molecule has 1 aliphatic heterocycles. The molecule has 0 spiro atoms. The van der Waals surface area contributed by atoms with Crippen molar-refractivity contribution in [2.75, 3.05) is 20.3 Å². The van der Waals surface area contributed by atoms with Crippen LogP contribution in [0.1, 0.15) is 29.7 Å². The summed E-state index contributed by atoms with van der Waals surface area (Å²) >= 11 is 0. The molecule has 2 aromatic carbocycles. The maximum Gasteiger partial charge on any atom is 0.338 e. The van der Waals surface area contributed by atoms with Gasteiger partial charge in [-0.05, 0) is 25.0 Å². The maximum absolute atomic E-state index is 12.9.